The molecule has 0 saturated heterocycles. The molecule has 0 bridgehead atoms. The zero-order chi connectivity index (χ0) is 20.4. The van der Waals surface area contributed by atoms with Gasteiger partial charge in [-0.2, -0.15) is 0 Å². The number of rotatable bonds is 5. The van der Waals surface area contributed by atoms with Crippen LogP contribution in [0.3, 0.4) is 0 Å². The van der Waals surface area contributed by atoms with E-state index in [1.165, 1.54) is 11.8 Å². The van der Waals surface area contributed by atoms with Gasteiger partial charge in [-0.3, -0.25) is 4.79 Å². The number of fused-ring (bicyclic) bond motifs is 1. The molecule has 0 aliphatic rings. The van der Waals surface area contributed by atoms with Crippen LogP contribution in [-0.4, -0.2) is 32.4 Å². The first-order valence-electron chi connectivity index (χ1n) is 9.10. The van der Waals surface area contributed by atoms with Gasteiger partial charge >= 0.3 is 0 Å². The monoisotopic (exact) mass is 424 g/mol. The fourth-order valence-electron chi connectivity index (χ4n) is 2.86. The lowest BCUT2D eigenvalue weighted by molar-refractivity contribution is -0.119. The average Bonchev–Trinajstić information content (AvgIpc) is 3.36. The fourth-order valence-corrected chi connectivity index (χ4v) is 4.11. The number of carbonyl (C=O) groups excluding carboxylic acids is 1. The van der Waals surface area contributed by atoms with Gasteiger partial charge in [-0.1, -0.05) is 36.0 Å². The van der Waals surface area contributed by atoms with Crippen LogP contribution < -0.4 is 5.32 Å². The molecule has 0 fully saturated rings. The van der Waals surface area contributed by atoms with Gasteiger partial charge in [-0.25, -0.2) is 4.98 Å². The third-order valence-corrected chi connectivity index (χ3v) is 5.68. The number of amides is 1. The van der Waals surface area contributed by atoms with Crippen LogP contribution in [0.1, 0.15) is 20.8 Å². The van der Waals surface area contributed by atoms with Crippen LogP contribution in [0, 0.1) is 0 Å². The maximum Gasteiger partial charge on any atom is 0.277 e. The van der Waals surface area contributed by atoms with Crippen molar-refractivity contribution in [2.45, 2.75) is 31.5 Å². The molecule has 1 N–H and O–H groups in total. The van der Waals surface area contributed by atoms with Gasteiger partial charge in [0.25, 0.3) is 5.22 Å². The maximum absolute atomic E-state index is 12.0. The summed E-state index contributed by atoms with van der Waals surface area (Å²) in [5.41, 5.74) is 2.29. The molecule has 0 spiro atoms. The van der Waals surface area contributed by atoms with E-state index in [2.05, 4.69) is 15.5 Å². The van der Waals surface area contributed by atoms with E-state index in [1.807, 2.05) is 68.6 Å². The molecule has 4 rings (SSSR count). The number of benzene rings is 1. The van der Waals surface area contributed by atoms with E-state index in [0.717, 1.165) is 27.0 Å². The summed E-state index contributed by atoms with van der Waals surface area (Å²) in [6.45, 7) is 5.83. The Morgan fingerprint density at radius 1 is 1.17 bits per heavy atom. The molecule has 148 valence electrons. The van der Waals surface area contributed by atoms with Crippen LogP contribution in [0.5, 0.6) is 0 Å². The van der Waals surface area contributed by atoms with Crippen LogP contribution in [0.4, 0.5) is 0 Å². The molecule has 8 heteroatoms. The lowest BCUT2D eigenvalue weighted by atomic mass is 10.1. The first kappa shape index (κ1) is 19.6. The molecule has 3 heterocycles. The van der Waals surface area contributed by atoms with Crippen molar-refractivity contribution in [2.24, 2.45) is 0 Å². The molecule has 0 atom stereocenters. The summed E-state index contributed by atoms with van der Waals surface area (Å²) in [5.74, 6) is 0.563. The van der Waals surface area contributed by atoms with Gasteiger partial charge in [0.15, 0.2) is 0 Å². The summed E-state index contributed by atoms with van der Waals surface area (Å²) >= 11 is 2.86. The van der Waals surface area contributed by atoms with Gasteiger partial charge in [-0.05, 0) is 44.4 Å². The predicted molar refractivity (Wildman–Crippen MR) is 117 cm³/mol. The van der Waals surface area contributed by atoms with Crippen LogP contribution in [0.2, 0.25) is 0 Å². The van der Waals surface area contributed by atoms with Gasteiger partial charge in [-0.15, -0.1) is 21.5 Å². The van der Waals surface area contributed by atoms with Crippen molar-refractivity contribution in [1.29, 1.82) is 0 Å². The Labute approximate surface area is 176 Å². The highest BCUT2D eigenvalue weighted by Gasteiger charge is 2.18. The molecule has 0 radical (unpaired) electrons. The molecule has 4 aromatic rings. The van der Waals surface area contributed by atoms with Crippen LogP contribution in [0.15, 0.2) is 57.5 Å². The Bertz CT molecular complexity index is 1150. The van der Waals surface area contributed by atoms with E-state index < -0.39 is 0 Å². The number of para-hydroxylation sites is 1. The summed E-state index contributed by atoms with van der Waals surface area (Å²) in [7, 11) is 0. The Kier molecular flexibility index (Phi) is 5.38. The maximum atomic E-state index is 12.0. The first-order valence-corrected chi connectivity index (χ1v) is 11.0. The van der Waals surface area contributed by atoms with Crippen molar-refractivity contribution in [3.63, 3.8) is 0 Å². The van der Waals surface area contributed by atoms with E-state index in [4.69, 9.17) is 9.40 Å². The minimum Gasteiger partial charge on any atom is -0.411 e. The number of pyridine rings is 1. The van der Waals surface area contributed by atoms with Gasteiger partial charge in [0.05, 0.1) is 27.4 Å². The molecule has 6 nitrogen and oxygen atoms in total. The van der Waals surface area contributed by atoms with Crippen LogP contribution in [-0.2, 0) is 4.79 Å². The van der Waals surface area contributed by atoms with E-state index in [1.54, 1.807) is 11.3 Å². The van der Waals surface area contributed by atoms with E-state index in [-0.39, 0.29) is 17.2 Å². The summed E-state index contributed by atoms with van der Waals surface area (Å²) < 4.78 is 5.87. The van der Waals surface area contributed by atoms with Gasteiger partial charge < -0.3 is 9.73 Å². The number of carbonyl (C=O) groups is 1. The fraction of sp³-hybridized carbons (Fsp3) is 0.238. The van der Waals surface area contributed by atoms with Gasteiger partial charge in [0.1, 0.15) is 0 Å². The smallest absolute Gasteiger partial charge is 0.277 e. The molecule has 29 heavy (non-hydrogen) atoms. The van der Waals surface area contributed by atoms with Crippen LogP contribution >= 0.6 is 23.1 Å². The minimum atomic E-state index is -0.272. The standard InChI is InChI=1S/C21H20N4O2S2/c1-21(2,3)23-18(26)12-29-20-25-24-19(27-20)14-11-16(17-9-6-10-28-17)22-15-8-5-4-7-13(14)15/h4-11H,12H2,1-3H3,(H,23,26). The molecular weight excluding hydrogens is 404 g/mol. The number of thioether (sulfide) groups is 1. The number of thiophene rings is 1. The lowest BCUT2D eigenvalue weighted by Crippen LogP contribution is -2.41. The first-order chi connectivity index (χ1) is 13.9. The second-order valence-corrected chi connectivity index (χ2v) is 9.38. The highest BCUT2D eigenvalue weighted by Crippen LogP contribution is 2.33. The van der Waals surface area contributed by atoms with Crippen molar-refractivity contribution in [2.75, 3.05) is 5.75 Å². The van der Waals surface area contributed by atoms with Gasteiger partial charge in [0, 0.05) is 10.9 Å². The van der Waals surface area contributed by atoms with E-state index >= 15 is 0 Å². The Morgan fingerprint density at radius 2 is 2.00 bits per heavy atom. The third-order valence-electron chi connectivity index (χ3n) is 3.97. The third kappa shape index (κ3) is 4.65. The van der Waals surface area contributed by atoms with Crippen LogP contribution in [0.25, 0.3) is 32.9 Å². The molecule has 0 unspecified atom stereocenters. The number of hydrogen-bond donors (Lipinski definition) is 1. The second-order valence-electron chi connectivity index (χ2n) is 7.51. The van der Waals surface area contributed by atoms with Crippen molar-refractivity contribution in [3.05, 3.63) is 47.8 Å². The Balaban J connectivity index is 1.63. The summed E-state index contributed by atoms with van der Waals surface area (Å²) in [5, 5.41) is 14.6. The number of nitrogens with zero attached hydrogens (tertiary/aromatic N) is 3. The second kappa shape index (κ2) is 7.96. The van der Waals surface area contributed by atoms with E-state index in [0.29, 0.717) is 11.1 Å². The SMILES string of the molecule is CC(C)(C)NC(=O)CSc1nnc(-c2cc(-c3cccs3)nc3ccccc23)o1. The highest BCUT2D eigenvalue weighted by molar-refractivity contribution is 7.99. The predicted octanol–water partition coefficient (Wildman–Crippen LogP) is 5.02. The summed E-state index contributed by atoms with van der Waals surface area (Å²) in [6, 6.07) is 13.9. The summed E-state index contributed by atoms with van der Waals surface area (Å²) in [4.78, 5) is 17.9. The minimum absolute atomic E-state index is 0.0726. The molecule has 1 aromatic carbocycles. The quantitative estimate of drug-likeness (QED) is 0.453. The molecular formula is C21H20N4O2S2. The zero-order valence-corrected chi connectivity index (χ0v) is 17.9. The molecule has 0 saturated carbocycles. The molecule has 0 aliphatic heterocycles. The summed E-state index contributed by atoms with van der Waals surface area (Å²) in [6.07, 6.45) is 0. The zero-order valence-electron chi connectivity index (χ0n) is 16.3. The van der Waals surface area contributed by atoms with Crippen molar-refractivity contribution < 1.29 is 9.21 Å². The van der Waals surface area contributed by atoms with Gasteiger partial charge in [0.2, 0.25) is 11.8 Å². The van der Waals surface area contributed by atoms with Crippen molar-refractivity contribution in [3.8, 4) is 22.0 Å². The lowest BCUT2D eigenvalue weighted by Gasteiger charge is -2.19. The average molecular weight is 425 g/mol. The number of nitrogens with one attached hydrogen (secondary N) is 1. The van der Waals surface area contributed by atoms with Crippen molar-refractivity contribution in [1.82, 2.24) is 20.5 Å². The largest absolute Gasteiger partial charge is 0.411 e. The van der Waals surface area contributed by atoms with Crippen molar-refractivity contribution >= 4 is 39.9 Å². The molecule has 1 amide bonds. The number of aromatic nitrogens is 3. The Morgan fingerprint density at radius 3 is 2.76 bits per heavy atom. The van der Waals surface area contributed by atoms with E-state index in [9.17, 15) is 4.79 Å². The Hall–Kier alpha value is -2.71. The normalized spacial score (nSPS) is 11.7. The molecule has 0 aliphatic carbocycles. The number of hydrogen-bond acceptors (Lipinski definition) is 7. The topological polar surface area (TPSA) is 80.9 Å². The molecule has 3 aromatic heterocycles. The highest BCUT2D eigenvalue weighted by atomic mass is 32.2.